The topological polar surface area (TPSA) is 76.9 Å². The Morgan fingerprint density at radius 1 is 1.27 bits per heavy atom. The number of benzene rings is 1. The van der Waals surface area contributed by atoms with E-state index in [1.54, 1.807) is 30.5 Å². The van der Waals surface area contributed by atoms with Gasteiger partial charge >= 0.3 is 0 Å². The van der Waals surface area contributed by atoms with Crippen LogP contribution < -0.4 is 10.9 Å². The highest BCUT2D eigenvalue weighted by Crippen LogP contribution is 2.16. The third-order valence-electron chi connectivity index (χ3n) is 3.75. The number of nitrogens with one attached hydrogen (secondary N) is 1. The molecular formula is C18H17FN4O2S. The molecule has 2 heterocycles. The number of amides is 1. The summed E-state index contributed by atoms with van der Waals surface area (Å²) in [6, 6.07) is 9.32. The van der Waals surface area contributed by atoms with Crippen LogP contribution in [0, 0.1) is 5.82 Å². The van der Waals surface area contributed by atoms with E-state index in [0.717, 1.165) is 5.56 Å². The molecule has 3 aromatic rings. The van der Waals surface area contributed by atoms with Gasteiger partial charge in [0, 0.05) is 19.3 Å². The lowest BCUT2D eigenvalue weighted by molar-refractivity contribution is -0.118. The van der Waals surface area contributed by atoms with Crippen LogP contribution in [0.25, 0.3) is 11.0 Å². The second-order valence-electron chi connectivity index (χ2n) is 5.51. The first-order valence-electron chi connectivity index (χ1n) is 8.08. The zero-order valence-electron chi connectivity index (χ0n) is 14.1. The standard InChI is InChI=1S/C18H17FN4O2S/c1-2-23-17(25)14-4-3-9-20-16(14)22-18(23)26-11-15(24)21-10-12-5-7-13(19)8-6-12/h3-9H,2,10-11H2,1H3,(H,21,24). The van der Waals surface area contributed by atoms with Gasteiger partial charge in [0.2, 0.25) is 5.91 Å². The second kappa shape index (κ2) is 8.09. The number of thioether (sulfide) groups is 1. The minimum absolute atomic E-state index is 0.117. The van der Waals surface area contributed by atoms with E-state index >= 15 is 0 Å². The van der Waals surface area contributed by atoms with Crippen LogP contribution in [0.15, 0.2) is 52.5 Å². The monoisotopic (exact) mass is 372 g/mol. The normalized spacial score (nSPS) is 10.8. The van der Waals surface area contributed by atoms with Gasteiger partial charge < -0.3 is 5.32 Å². The van der Waals surface area contributed by atoms with Gasteiger partial charge in [0.05, 0.1) is 11.1 Å². The summed E-state index contributed by atoms with van der Waals surface area (Å²) >= 11 is 1.19. The smallest absolute Gasteiger partial charge is 0.263 e. The fraction of sp³-hybridized carbons (Fsp3) is 0.222. The maximum absolute atomic E-state index is 12.9. The summed E-state index contributed by atoms with van der Waals surface area (Å²) in [5.74, 6) is -0.395. The van der Waals surface area contributed by atoms with Gasteiger partial charge in [-0.25, -0.2) is 14.4 Å². The lowest BCUT2D eigenvalue weighted by atomic mass is 10.2. The molecule has 1 aromatic carbocycles. The van der Waals surface area contributed by atoms with Gasteiger partial charge in [-0.05, 0) is 36.8 Å². The van der Waals surface area contributed by atoms with Gasteiger partial charge in [0.25, 0.3) is 5.56 Å². The van der Waals surface area contributed by atoms with E-state index < -0.39 is 0 Å². The highest BCUT2D eigenvalue weighted by molar-refractivity contribution is 7.99. The van der Waals surface area contributed by atoms with Crippen molar-refractivity contribution in [2.45, 2.75) is 25.2 Å². The summed E-state index contributed by atoms with van der Waals surface area (Å²) in [7, 11) is 0. The van der Waals surface area contributed by atoms with Gasteiger partial charge in [-0.2, -0.15) is 0 Å². The maximum Gasteiger partial charge on any atom is 0.263 e. The molecule has 0 spiro atoms. The summed E-state index contributed by atoms with van der Waals surface area (Å²) in [5.41, 5.74) is 1.01. The predicted molar refractivity (Wildman–Crippen MR) is 98.4 cm³/mol. The summed E-state index contributed by atoms with van der Waals surface area (Å²) in [5, 5.41) is 3.68. The second-order valence-corrected chi connectivity index (χ2v) is 6.45. The van der Waals surface area contributed by atoms with Crippen LogP contribution in [0.1, 0.15) is 12.5 Å². The summed E-state index contributed by atoms with van der Waals surface area (Å²) in [6.45, 7) is 2.62. The maximum atomic E-state index is 12.9. The number of carbonyl (C=O) groups excluding carboxylic acids is 1. The van der Waals surface area contributed by atoms with Crippen molar-refractivity contribution in [3.05, 3.63) is 64.3 Å². The lowest BCUT2D eigenvalue weighted by Gasteiger charge is -2.10. The molecule has 0 radical (unpaired) electrons. The van der Waals surface area contributed by atoms with E-state index in [1.807, 2.05) is 6.92 Å². The Morgan fingerprint density at radius 3 is 2.77 bits per heavy atom. The molecule has 0 saturated heterocycles. The van der Waals surface area contributed by atoms with Gasteiger partial charge in [0.1, 0.15) is 5.82 Å². The third kappa shape index (κ3) is 4.08. The molecule has 0 aliphatic rings. The average molecular weight is 372 g/mol. The molecule has 1 amide bonds. The van der Waals surface area contributed by atoms with Crippen LogP contribution in [0.3, 0.4) is 0 Å². The molecule has 0 aliphatic heterocycles. The molecule has 0 aliphatic carbocycles. The number of aromatic nitrogens is 3. The molecule has 6 nitrogen and oxygen atoms in total. The first kappa shape index (κ1) is 18.1. The van der Waals surface area contributed by atoms with Crippen molar-refractivity contribution < 1.29 is 9.18 Å². The summed E-state index contributed by atoms with van der Waals surface area (Å²) in [6.07, 6.45) is 1.58. The molecule has 0 fully saturated rings. The van der Waals surface area contributed by atoms with Crippen LogP contribution >= 0.6 is 11.8 Å². The van der Waals surface area contributed by atoms with Crippen LogP contribution in [0.5, 0.6) is 0 Å². The van der Waals surface area contributed by atoms with Gasteiger partial charge in [0.15, 0.2) is 10.8 Å². The SMILES string of the molecule is CCn1c(SCC(=O)NCc2ccc(F)cc2)nc2ncccc2c1=O. The van der Waals surface area contributed by atoms with E-state index in [9.17, 15) is 14.0 Å². The Labute approximate surface area is 153 Å². The van der Waals surface area contributed by atoms with Crippen molar-refractivity contribution in [2.24, 2.45) is 0 Å². The Balaban J connectivity index is 1.68. The summed E-state index contributed by atoms with van der Waals surface area (Å²) in [4.78, 5) is 33.1. The van der Waals surface area contributed by atoms with E-state index in [0.29, 0.717) is 29.3 Å². The molecule has 26 heavy (non-hydrogen) atoms. The Morgan fingerprint density at radius 2 is 2.04 bits per heavy atom. The fourth-order valence-corrected chi connectivity index (χ4v) is 3.29. The number of hydrogen-bond acceptors (Lipinski definition) is 5. The number of pyridine rings is 1. The lowest BCUT2D eigenvalue weighted by Crippen LogP contribution is -2.26. The zero-order valence-corrected chi connectivity index (χ0v) is 14.9. The molecule has 0 saturated carbocycles. The van der Waals surface area contributed by atoms with Crippen molar-refractivity contribution in [1.29, 1.82) is 0 Å². The van der Waals surface area contributed by atoms with Crippen molar-refractivity contribution in [2.75, 3.05) is 5.75 Å². The number of carbonyl (C=O) groups is 1. The highest BCUT2D eigenvalue weighted by Gasteiger charge is 2.12. The number of rotatable bonds is 6. The van der Waals surface area contributed by atoms with Crippen molar-refractivity contribution >= 4 is 28.7 Å². The highest BCUT2D eigenvalue weighted by atomic mass is 32.2. The molecule has 0 bridgehead atoms. The largest absolute Gasteiger partial charge is 0.351 e. The Hall–Kier alpha value is -2.74. The number of halogens is 1. The zero-order chi connectivity index (χ0) is 18.5. The van der Waals surface area contributed by atoms with Gasteiger partial charge in [-0.3, -0.25) is 14.2 Å². The van der Waals surface area contributed by atoms with Crippen LogP contribution in [0.2, 0.25) is 0 Å². The first-order chi connectivity index (χ1) is 12.6. The van der Waals surface area contributed by atoms with Crippen molar-refractivity contribution in [3.8, 4) is 0 Å². The van der Waals surface area contributed by atoms with Crippen molar-refractivity contribution in [3.63, 3.8) is 0 Å². The molecule has 8 heteroatoms. The summed E-state index contributed by atoms with van der Waals surface area (Å²) < 4.78 is 14.4. The van der Waals surface area contributed by atoms with Gasteiger partial charge in [-0.1, -0.05) is 23.9 Å². The first-order valence-corrected chi connectivity index (χ1v) is 9.06. The average Bonchev–Trinajstić information content (AvgIpc) is 2.66. The van der Waals surface area contributed by atoms with Crippen LogP contribution in [-0.2, 0) is 17.9 Å². The van der Waals surface area contributed by atoms with E-state index in [1.165, 1.54) is 28.5 Å². The molecule has 0 unspecified atom stereocenters. The van der Waals surface area contributed by atoms with E-state index in [-0.39, 0.29) is 23.0 Å². The Kier molecular flexibility index (Phi) is 5.62. The predicted octanol–water partition coefficient (Wildman–Crippen LogP) is 2.36. The van der Waals surface area contributed by atoms with Crippen LogP contribution in [0.4, 0.5) is 4.39 Å². The molecule has 2 aromatic heterocycles. The number of hydrogen-bond donors (Lipinski definition) is 1. The van der Waals surface area contributed by atoms with E-state index in [4.69, 9.17) is 0 Å². The van der Waals surface area contributed by atoms with Crippen molar-refractivity contribution in [1.82, 2.24) is 19.9 Å². The van der Waals surface area contributed by atoms with Gasteiger partial charge in [-0.15, -0.1) is 0 Å². The molecular weight excluding hydrogens is 355 g/mol. The molecule has 134 valence electrons. The third-order valence-corrected chi connectivity index (χ3v) is 4.72. The number of nitrogens with zero attached hydrogens (tertiary/aromatic N) is 3. The minimum Gasteiger partial charge on any atom is -0.351 e. The Bertz CT molecular complexity index is 989. The molecule has 0 atom stereocenters. The van der Waals surface area contributed by atoms with E-state index in [2.05, 4.69) is 15.3 Å². The quantitative estimate of drug-likeness (QED) is 0.531. The molecule has 1 N–H and O–H groups in total. The number of fused-ring (bicyclic) bond motifs is 1. The minimum atomic E-state index is -0.316. The fourth-order valence-electron chi connectivity index (χ4n) is 2.41. The molecule has 3 rings (SSSR count). The van der Waals surface area contributed by atoms with Crippen LogP contribution in [-0.4, -0.2) is 26.2 Å².